The van der Waals surface area contributed by atoms with Crippen LogP contribution >= 0.6 is 0 Å². The highest BCUT2D eigenvalue weighted by Crippen LogP contribution is 2.27. The quantitative estimate of drug-likeness (QED) is 0.782. The zero-order chi connectivity index (χ0) is 13.9. The number of nitrogens with zero attached hydrogens (tertiary/aromatic N) is 2. The van der Waals surface area contributed by atoms with E-state index in [1.807, 2.05) is 0 Å². The molecule has 2 aliphatic heterocycles. The highest BCUT2D eigenvalue weighted by Gasteiger charge is 2.29. The lowest BCUT2D eigenvalue weighted by molar-refractivity contribution is 0.00800. The monoisotopic (exact) mass is 268 g/mol. The summed E-state index contributed by atoms with van der Waals surface area (Å²) >= 11 is 0. The minimum atomic E-state index is 0.334. The summed E-state index contributed by atoms with van der Waals surface area (Å²) in [5, 5.41) is 0. The fourth-order valence-electron chi connectivity index (χ4n) is 3.52. The number of hydrogen-bond donors (Lipinski definition) is 0. The minimum absolute atomic E-state index is 0.334. The molecule has 2 atom stereocenters. The molecule has 0 aromatic heterocycles. The van der Waals surface area contributed by atoms with Crippen molar-refractivity contribution in [3.05, 3.63) is 0 Å². The summed E-state index contributed by atoms with van der Waals surface area (Å²) in [4.78, 5) is 5.28. The molecule has 19 heavy (non-hydrogen) atoms. The molecular formula is C16H32N2O. The molecular weight excluding hydrogens is 236 g/mol. The maximum atomic E-state index is 5.45. The Hall–Kier alpha value is -0.120. The second-order valence-corrected chi connectivity index (χ2v) is 7.36. The average molecular weight is 268 g/mol. The Kier molecular flexibility index (Phi) is 5.27. The predicted octanol–water partition coefficient (Wildman–Crippen LogP) is 2.61. The molecule has 0 aliphatic carbocycles. The molecule has 2 aliphatic rings. The minimum Gasteiger partial charge on any atom is -0.379 e. The number of likely N-dealkylation sites (tertiary alicyclic amines) is 1. The van der Waals surface area contributed by atoms with Crippen LogP contribution in [0.3, 0.4) is 0 Å². The molecule has 2 unspecified atom stereocenters. The van der Waals surface area contributed by atoms with Crippen molar-refractivity contribution in [3.8, 4) is 0 Å². The van der Waals surface area contributed by atoms with Crippen molar-refractivity contribution in [2.45, 2.75) is 58.5 Å². The lowest BCUT2D eigenvalue weighted by Gasteiger charge is -2.43. The van der Waals surface area contributed by atoms with E-state index in [1.54, 1.807) is 0 Å². The molecule has 0 bridgehead atoms. The highest BCUT2D eigenvalue weighted by atomic mass is 16.5. The zero-order valence-corrected chi connectivity index (χ0v) is 13.3. The van der Waals surface area contributed by atoms with Crippen molar-refractivity contribution < 1.29 is 4.74 Å². The molecule has 0 spiro atoms. The second-order valence-electron chi connectivity index (χ2n) is 7.36. The summed E-state index contributed by atoms with van der Waals surface area (Å²) < 4.78 is 5.45. The van der Waals surface area contributed by atoms with E-state index in [-0.39, 0.29) is 0 Å². The first-order valence-electron chi connectivity index (χ1n) is 8.03. The number of rotatable bonds is 3. The van der Waals surface area contributed by atoms with Gasteiger partial charge in [0, 0.05) is 31.2 Å². The van der Waals surface area contributed by atoms with Gasteiger partial charge in [0.1, 0.15) is 0 Å². The van der Waals surface area contributed by atoms with E-state index in [2.05, 4.69) is 37.5 Å². The molecule has 0 radical (unpaired) electrons. The normalized spacial score (nSPS) is 29.4. The average Bonchev–Trinajstić information content (AvgIpc) is 2.39. The fraction of sp³-hybridized carbons (Fsp3) is 1.00. The van der Waals surface area contributed by atoms with Gasteiger partial charge in [0.15, 0.2) is 0 Å². The van der Waals surface area contributed by atoms with Gasteiger partial charge in [-0.2, -0.15) is 0 Å². The van der Waals surface area contributed by atoms with Gasteiger partial charge in [0.05, 0.1) is 13.2 Å². The summed E-state index contributed by atoms with van der Waals surface area (Å²) in [6, 6.07) is 0.716. The molecule has 3 nitrogen and oxygen atoms in total. The number of hydrogen-bond acceptors (Lipinski definition) is 3. The van der Waals surface area contributed by atoms with Crippen LogP contribution < -0.4 is 0 Å². The van der Waals surface area contributed by atoms with E-state index in [0.29, 0.717) is 11.6 Å². The van der Waals surface area contributed by atoms with Crippen molar-refractivity contribution in [2.75, 3.05) is 39.4 Å². The molecule has 2 rings (SSSR count). The van der Waals surface area contributed by atoms with Gasteiger partial charge < -0.3 is 4.74 Å². The lowest BCUT2D eigenvalue weighted by atomic mass is 9.88. The SMILES string of the molecule is CC(CC1CCCN(C(C)(C)C)C1)N1CCOCC1. The first-order valence-corrected chi connectivity index (χ1v) is 8.03. The molecule has 3 heteroatoms. The van der Waals surface area contributed by atoms with Gasteiger partial charge in [0.2, 0.25) is 0 Å². The van der Waals surface area contributed by atoms with E-state index in [0.717, 1.165) is 32.2 Å². The summed E-state index contributed by atoms with van der Waals surface area (Å²) in [5.74, 6) is 0.880. The molecule has 2 saturated heterocycles. The molecule has 112 valence electrons. The van der Waals surface area contributed by atoms with Gasteiger partial charge in [-0.15, -0.1) is 0 Å². The van der Waals surface area contributed by atoms with Crippen molar-refractivity contribution >= 4 is 0 Å². The van der Waals surface area contributed by atoms with E-state index in [1.165, 1.54) is 32.4 Å². The van der Waals surface area contributed by atoms with Crippen LogP contribution in [0.2, 0.25) is 0 Å². The van der Waals surface area contributed by atoms with E-state index < -0.39 is 0 Å². The largest absolute Gasteiger partial charge is 0.379 e. The standard InChI is InChI=1S/C16H32N2O/c1-14(17-8-10-19-11-9-17)12-15-6-5-7-18(13-15)16(2,3)4/h14-15H,5-13H2,1-4H3. The summed E-state index contributed by atoms with van der Waals surface area (Å²) in [7, 11) is 0. The molecule has 2 heterocycles. The van der Waals surface area contributed by atoms with Crippen LogP contribution in [-0.4, -0.2) is 60.8 Å². The van der Waals surface area contributed by atoms with E-state index in [9.17, 15) is 0 Å². The van der Waals surface area contributed by atoms with E-state index in [4.69, 9.17) is 4.74 Å². The van der Waals surface area contributed by atoms with Crippen LogP contribution in [0.5, 0.6) is 0 Å². The molecule has 0 amide bonds. The highest BCUT2D eigenvalue weighted by molar-refractivity contribution is 4.84. The Balaban J connectivity index is 1.81. The topological polar surface area (TPSA) is 15.7 Å². The van der Waals surface area contributed by atoms with Crippen LogP contribution in [0, 0.1) is 5.92 Å². The molecule has 2 fully saturated rings. The summed E-state index contributed by atoms with van der Waals surface area (Å²) in [6.07, 6.45) is 4.14. The van der Waals surface area contributed by atoms with Crippen molar-refractivity contribution in [2.24, 2.45) is 5.92 Å². The third kappa shape index (κ3) is 4.44. The van der Waals surface area contributed by atoms with Crippen LogP contribution in [0.1, 0.15) is 47.0 Å². The molecule has 0 aromatic rings. The van der Waals surface area contributed by atoms with Gasteiger partial charge in [0.25, 0.3) is 0 Å². The Labute approximate surface area is 119 Å². The predicted molar refractivity (Wildman–Crippen MR) is 80.5 cm³/mol. The van der Waals surface area contributed by atoms with E-state index >= 15 is 0 Å². The Morgan fingerprint density at radius 2 is 1.84 bits per heavy atom. The Bertz CT molecular complexity index is 268. The third-order valence-electron chi connectivity index (χ3n) is 4.81. The van der Waals surface area contributed by atoms with Gasteiger partial charge in [-0.3, -0.25) is 9.80 Å². The lowest BCUT2D eigenvalue weighted by Crippen LogP contribution is -2.49. The zero-order valence-electron chi connectivity index (χ0n) is 13.3. The summed E-state index contributed by atoms with van der Waals surface area (Å²) in [5.41, 5.74) is 0.334. The fourth-order valence-corrected chi connectivity index (χ4v) is 3.52. The van der Waals surface area contributed by atoms with Crippen molar-refractivity contribution in [1.29, 1.82) is 0 Å². The van der Waals surface area contributed by atoms with Crippen molar-refractivity contribution in [1.82, 2.24) is 9.80 Å². The molecule has 0 N–H and O–H groups in total. The first-order chi connectivity index (χ1) is 8.97. The van der Waals surface area contributed by atoms with Gasteiger partial charge >= 0.3 is 0 Å². The second kappa shape index (κ2) is 6.55. The summed E-state index contributed by atoms with van der Waals surface area (Å²) in [6.45, 7) is 16.1. The Morgan fingerprint density at radius 1 is 1.16 bits per heavy atom. The smallest absolute Gasteiger partial charge is 0.0594 e. The first kappa shape index (κ1) is 15.3. The molecule has 0 aromatic carbocycles. The van der Waals surface area contributed by atoms with Gasteiger partial charge in [-0.1, -0.05) is 0 Å². The van der Waals surface area contributed by atoms with Crippen molar-refractivity contribution in [3.63, 3.8) is 0 Å². The number of ether oxygens (including phenoxy) is 1. The number of morpholine rings is 1. The van der Waals surface area contributed by atoms with Crippen LogP contribution in [-0.2, 0) is 4.74 Å². The van der Waals surface area contributed by atoms with Crippen LogP contribution in [0.25, 0.3) is 0 Å². The van der Waals surface area contributed by atoms with Crippen LogP contribution in [0.15, 0.2) is 0 Å². The van der Waals surface area contributed by atoms with Gasteiger partial charge in [-0.25, -0.2) is 0 Å². The third-order valence-corrected chi connectivity index (χ3v) is 4.81. The van der Waals surface area contributed by atoms with Crippen LogP contribution in [0.4, 0.5) is 0 Å². The molecule has 0 saturated carbocycles. The number of piperidine rings is 1. The maximum absolute atomic E-state index is 5.45. The van der Waals surface area contributed by atoms with Gasteiger partial charge in [-0.05, 0) is 59.4 Å². The maximum Gasteiger partial charge on any atom is 0.0594 e. The Morgan fingerprint density at radius 3 is 2.47 bits per heavy atom.